The zero-order valence-electron chi connectivity index (χ0n) is 13.3. The molecule has 2 aromatic carbocycles. The Morgan fingerprint density at radius 1 is 1.04 bits per heavy atom. The van der Waals surface area contributed by atoms with E-state index in [4.69, 9.17) is 0 Å². The van der Waals surface area contributed by atoms with Crippen molar-refractivity contribution < 1.29 is 4.79 Å². The van der Waals surface area contributed by atoms with E-state index >= 15 is 0 Å². The van der Waals surface area contributed by atoms with E-state index in [9.17, 15) is 4.79 Å². The molecular weight excluding hydrogens is 284 g/mol. The summed E-state index contributed by atoms with van der Waals surface area (Å²) >= 11 is 0. The van der Waals surface area contributed by atoms with Gasteiger partial charge in [-0.15, -0.1) is 0 Å². The molecule has 116 valence electrons. The van der Waals surface area contributed by atoms with Crippen LogP contribution in [0.15, 0.2) is 60.7 Å². The largest absolute Gasteiger partial charge is 0.352 e. The predicted octanol–water partition coefficient (Wildman–Crippen LogP) is 3.91. The van der Waals surface area contributed by atoms with Crippen molar-refractivity contribution in [2.24, 2.45) is 0 Å². The highest BCUT2D eigenvalue weighted by atomic mass is 16.1. The van der Waals surface area contributed by atoms with Crippen LogP contribution in [0.1, 0.15) is 28.0 Å². The van der Waals surface area contributed by atoms with Crippen LogP contribution in [0.5, 0.6) is 0 Å². The van der Waals surface area contributed by atoms with E-state index < -0.39 is 0 Å². The van der Waals surface area contributed by atoms with Crippen molar-refractivity contribution in [3.63, 3.8) is 0 Å². The Kier molecular flexibility index (Phi) is 4.67. The lowest BCUT2D eigenvalue weighted by Gasteiger charge is -2.09. The van der Waals surface area contributed by atoms with Crippen LogP contribution in [-0.4, -0.2) is 17.4 Å². The second kappa shape index (κ2) is 7.05. The van der Waals surface area contributed by atoms with Gasteiger partial charge >= 0.3 is 0 Å². The lowest BCUT2D eigenvalue weighted by atomic mass is 10.1. The standard InChI is InChI=1S/C20H20N2O/c1-15-14-18(17-11-5-6-12-19(17)22-15)20(23)21-13-7-10-16-8-3-2-4-9-16/h2-6,8-9,11-12,14H,7,10,13H2,1H3,(H,21,23). The number of pyridine rings is 1. The van der Waals surface area contributed by atoms with Crippen LogP contribution in [0.2, 0.25) is 0 Å². The van der Waals surface area contributed by atoms with Crippen LogP contribution >= 0.6 is 0 Å². The molecule has 0 aliphatic rings. The van der Waals surface area contributed by atoms with Gasteiger partial charge in [-0.05, 0) is 37.5 Å². The minimum Gasteiger partial charge on any atom is -0.352 e. The van der Waals surface area contributed by atoms with E-state index in [2.05, 4.69) is 22.4 Å². The van der Waals surface area contributed by atoms with E-state index in [0.29, 0.717) is 12.1 Å². The second-order valence-corrected chi connectivity index (χ2v) is 5.67. The molecule has 0 aliphatic carbocycles. The third kappa shape index (κ3) is 3.75. The minimum absolute atomic E-state index is 0.0280. The average Bonchev–Trinajstić information content (AvgIpc) is 2.58. The second-order valence-electron chi connectivity index (χ2n) is 5.67. The van der Waals surface area contributed by atoms with Gasteiger partial charge in [0.15, 0.2) is 0 Å². The highest BCUT2D eigenvalue weighted by Crippen LogP contribution is 2.18. The highest BCUT2D eigenvalue weighted by Gasteiger charge is 2.11. The number of hydrogen-bond donors (Lipinski definition) is 1. The van der Waals surface area contributed by atoms with Crippen molar-refractivity contribution in [3.8, 4) is 0 Å². The third-order valence-electron chi connectivity index (χ3n) is 3.86. The van der Waals surface area contributed by atoms with Crippen LogP contribution in [0.25, 0.3) is 10.9 Å². The van der Waals surface area contributed by atoms with Crippen LogP contribution in [-0.2, 0) is 6.42 Å². The Labute approximate surface area is 136 Å². The fourth-order valence-electron chi connectivity index (χ4n) is 2.73. The molecule has 3 heteroatoms. The highest BCUT2D eigenvalue weighted by molar-refractivity contribution is 6.06. The first kappa shape index (κ1) is 15.2. The molecule has 23 heavy (non-hydrogen) atoms. The van der Waals surface area contributed by atoms with E-state index in [1.807, 2.05) is 55.5 Å². The predicted molar refractivity (Wildman–Crippen MR) is 93.6 cm³/mol. The van der Waals surface area contributed by atoms with E-state index in [1.165, 1.54) is 5.56 Å². The van der Waals surface area contributed by atoms with Gasteiger partial charge in [0.1, 0.15) is 0 Å². The van der Waals surface area contributed by atoms with Gasteiger partial charge in [-0.3, -0.25) is 9.78 Å². The Morgan fingerprint density at radius 3 is 2.61 bits per heavy atom. The van der Waals surface area contributed by atoms with E-state index in [0.717, 1.165) is 29.4 Å². The minimum atomic E-state index is -0.0280. The number of carbonyl (C=O) groups excluding carboxylic acids is 1. The lowest BCUT2D eigenvalue weighted by molar-refractivity contribution is 0.0954. The zero-order valence-corrected chi connectivity index (χ0v) is 13.3. The lowest BCUT2D eigenvalue weighted by Crippen LogP contribution is -2.25. The van der Waals surface area contributed by atoms with E-state index in [1.54, 1.807) is 0 Å². The van der Waals surface area contributed by atoms with Gasteiger partial charge in [-0.2, -0.15) is 0 Å². The fourth-order valence-corrected chi connectivity index (χ4v) is 2.73. The van der Waals surface area contributed by atoms with E-state index in [-0.39, 0.29) is 5.91 Å². The maximum absolute atomic E-state index is 12.5. The van der Waals surface area contributed by atoms with Crippen LogP contribution in [0, 0.1) is 6.92 Å². The Morgan fingerprint density at radius 2 is 1.78 bits per heavy atom. The molecule has 0 atom stereocenters. The number of hydrogen-bond acceptors (Lipinski definition) is 2. The number of benzene rings is 2. The van der Waals surface area contributed by atoms with Crippen LogP contribution in [0.3, 0.4) is 0 Å². The first-order valence-corrected chi connectivity index (χ1v) is 7.92. The molecule has 0 saturated carbocycles. The molecule has 1 heterocycles. The summed E-state index contributed by atoms with van der Waals surface area (Å²) in [5.74, 6) is -0.0280. The summed E-state index contributed by atoms with van der Waals surface area (Å²) in [6, 6.07) is 19.9. The Hall–Kier alpha value is -2.68. The van der Waals surface area contributed by atoms with Crippen molar-refractivity contribution in [1.29, 1.82) is 0 Å². The van der Waals surface area contributed by atoms with Crippen molar-refractivity contribution in [1.82, 2.24) is 10.3 Å². The first-order valence-electron chi connectivity index (χ1n) is 7.92. The molecule has 0 saturated heterocycles. The molecule has 3 nitrogen and oxygen atoms in total. The van der Waals surface area contributed by atoms with Gasteiger partial charge in [0.2, 0.25) is 0 Å². The Balaban J connectivity index is 1.64. The molecule has 1 N–H and O–H groups in total. The number of amides is 1. The number of aryl methyl sites for hydroxylation is 2. The van der Waals surface area contributed by atoms with Gasteiger partial charge in [-0.25, -0.2) is 0 Å². The number of nitrogens with one attached hydrogen (secondary N) is 1. The van der Waals surface area contributed by atoms with Crippen LogP contribution < -0.4 is 5.32 Å². The van der Waals surface area contributed by atoms with Crippen molar-refractivity contribution in [2.75, 3.05) is 6.54 Å². The molecule has 0 spiro atoms. The molecule has 0 aliphatic heterocycles. The molecular formula is C20H20N2O. The Bertz CT molecular complexity index is 812. The quantitative estimate of drug-likeness (QED) is 0.726. The molecule has 0 unspecified atom stereocenters. The van der Waals surface area contributed by atoms with Crippen molar-refractivity contribution >= 4 is 16.8 Å². The summed E-state index contributed by atoms with van der Waals surface area (Å²) in [7, 11) is 0. The van der Waals surface area contributed by atoms with Gasteiger partial charge in [-0.1, -0.05) is 48.5 Å². The molecule has 1 amide bonds. The number of nitrogens with zero attached hydrogens (tertiary/aromatic N) is 1. The topological polar surface area (TPSA) is 42.0 Å². The molecule has 0 radical (unpaired) electrons. The SMILES string of the molecule is Cc1cc(C(=O)NCCCc2ccccc2)c2ccccc2n1. The maximum atomic E-state index is 12.5. The summed E-state index contributed by atoms with van der Waals surface area (Å²) in [6.07, 6.45) is 1.90. The third-order valence-corrected chi connectivity index (χ3v) is 3.86. The normalized spacial score (nSPS) is 10.7. The molecule has 3 rings (SSSR count). The van der Waals surface area contributed by atoms with Crippen molar-refractivity contribution in [3.05, 3.63) is 77.5 Å². The summed E-state index contributed by atoms with van der Waals surface area (Å²) < 4.78 is 0. The number of carbonyl (C=O) groups is 1. The van der Waals surface area contributed by atoms with Crippen LogP contribution in [0.4, 0.5) is 0 Å². The summed E-state index contributed by atoms with van der Waals surface area (Å²) in [5, 5.41) is 3.92. The molecule has 1 aromatic heterocycles. The number of para-hydroxylation sites is 1. The van der Waals surface area contributed by atoms with Crippen molar-refractivity contribution in [2.45, 2.75) is 19.8 Å². The molecule has 0 fully saturated rings. The van der Waals surface area contributed by atoms with Gasteiger partial charge in [0.25, 0.3) is 5.91 Å². The first-order chi connectivity index (χ1) is 11.2. The summed E-state index contributed by atoms with van der Waals surface area (Å²) in [5.41, 5.74) is 3.72. The fraction of sp³-hybridized carbons (Fsp3) is 0.200. The number of aromatic nitrogens is 1. The summed E-state index contributed by atoms with van der Waals surface area (Å²) in [6.45, 7) is 2.59. The zero-order chi connectivity index (χ0) is 16.1. The number of rotatable bonds is 5. The van der Waals surface area contributed by atoms with Gasteiger partial charge in [0.05, 0.1) is 11.1 Å². The molecule has 3 aromatic rings. The monoisotopic (exact) mass is 304 g/mol. The molecule has 0 bridgehead atoms. The van der Waals surface area contributed by atoms with Gasteiger partial charge in [0, 0.05) is 17.6 Å². The van der Waals surface area contributed by atoms with Gasteiger partial charge < -0.3 is 5.32 Å². The number of fused-ring (bicyclic) bond motifs is 1. The summed E-state index contributed by atoms with van der Waals surface area (Å²) in [4.78, 5) is 17.0. The maximum Gasteiger partial charge on any atom is 0.252 e. The average molecular weight is 304 g/mol. The smallest absolute Gasteiger partial charge is 0.252 e.